The zero-order valence-electron chi connectivity index (χ0n) is 14.3. The molecular formula is C16H19N3O7. The van der Waals surface area contributed by atoms with Gasteiger partial charge >= 0.3 is 11.9 Å². The molecule has 0 spiro atoms. The number of carbonyl (C=O) groups excluding carboxylic acids is 2. The number of non-ortho nitro benzene ring substituents is 1. The molecule has 0 fully saturated rings. The average molecular weight is 365 g/mol. The molecule has 2 N–H and O–H groups in total. The van der Waals surface area contributed by atoms with Gasteiger partial charge in [0.05, 0.1) is 18.1 Å². The quantitative estimate of drug-likeness (QED) is 0.411. The van der Waals surface area contributed by atoms with Crippen molar-refractivity contribution in [2.75, 3.05) is 13.2 Å². The first-order valence-electron chi connectivity index (χ1n) is 7.96. The van der Waals surface area contributed by atoms with Gasteiger partial charge in [-0.2, -0.15) is 5.10 Å². The van der Waals surface area contributed by atoms with Gasteiger partial charge in [0.25, 0.3) is 5.69 Å². The summed E-state index contributed by atoms with van der Waals surface area (Å²) in [5, 5.41) is 25.4. The average Bonchev–Trinajstić information content (AvgIpc) is 3.08. The molecular weight excluding hydrogens is 346 g/mol. The highest BCUT2D eigenvalue weighted by molar-refractivity contribution is 6.37. The van der Waals surface area contributed by atoms with Crippen LogP contribution in [0.5, 0.6) is 0 Å². The van der Waals surface area contributed by atoms with Crippen LogP contribution in [0.25, 0.3) is 0 Å². The van der Waals surface area contributed by atoms with Crippen LogP contribution in [0.4, 0.5) is 5.69 Å². The SMILES string of the molecule is CCOC(=O)C1=NNC(C(=O)OCC)(C(O)c2ccc([N+](=O)[O-])cc2)C1. The number of ether oxygens (including phenoxy) is 2. The number of hydrogen-bond donors (Lipinski definition) is 2. The van der Waals surface area contributed by atoms with Crippen molar-refractivity contribution in [2.24, 2.45) is 5.10 Å². The van der Waals surface area contributed by atoms with E-state index < -0.39 is 28.5 Å². The highest BCUT2D eigenvalue weighted by atomic mass is 16.6. The number of esters is 2. The minimum atomic E-state index is -1.73. The van der Waals surface area contributed by atoms with Crippen molar-refractivity contribution in [1.29, 1.82) is 0 Å². The van der Waals surface area contributed by atoms with Gasteiger partial charge in [-0.3, -0.25) is 15.5 Å². The molecule has 10 heteroatoms. The molecule has 2 atom stereocenters. The number of hydrogen-bond acceptors (Lipinski definition) is 9. The number of nitrogens with zero attached hydrogens (tertiary/aromatic N) is 2. The maximum atomic E-state index is 12.5. The molecule has 10 nitrogen and oxygen atoms in total. The monoisotopic (exact) mass is 365 g/mol. The Labute approximate surface area is 148 Å². The number of benzene rings is 1. The molecule has 0 radical (unpaired) electrons. The summed E-state index contributed by atoms with van der Waals surface area (Å²) in [6.45, 7) is 3.43. The van der Waals surface area contributed by atoms with Crippen molar-refractivity contribution in [3.05, 3.63) is 39.9 Å². The van der Waals surface area contributed by atoms with Crippen molar-refractivity contribution in [3.63, 3.8) is 0 Å². The minimum absolute atomic E-state index is 0.0548. The smallest absolute Gasteiger partial charge is 0.354 e. The molecule has 0 aromatic heterocycles. The maximum Gasteiger partial charge on any atom is 0.354 e. The lowest BCUT2D eigenvalue weighted by Crippen LogP contribution is -2.53. The second-order valence-electron chi connectivity index (χ2n) is 5.51. The van der Waals surface area contributed by atoms with Crippen LogP contribution in [-0.4, -0.2) is 46.4 Å². The summed E-state index contributed by atoms with van der Waals surface area (Å²) >= 11 is 0. The van der Waals surface area contributed by atoms with Crippen LogP contribution in [0.1, 0.15) is 31.9 Å². The Morgan fingerprint density at radius 1 is 1.31 bits per heavy atom. The van der Waals surface area contributed by atoms with E-state index in [2.05, 4.69) is 10.5 Å². The number of aliphatic hydroxyl groups is 1. The third-order valence-electron chi connectivity index (χ3n) is 3.87. The van der Waals surface area contributed by atoms with E-state index in [4.69, 9.17) is 9.47 Å². The van der Waals surface area contributed by atoms with Gasteiger partial charge in [0.2, 0.25) is 0 Å². The number of aliphatic hydroxyl groups excluding tert-OH is 1. The zero-order valence-corrected chi connectivity index (χ0v) is 14.3. The molecule has 1 aromatic carbocycles. The van der Waals surface area contributed by atoms with Crippen molar-refractivity contribution in [2.45, 2.75) is 31.9 Å². The van der Waals surface area contributed by atoms with Crippen molar-refractivity contribution in [1.82, 2.24) is 5.43 Å². The van der Waals surface area contributed by atoms with E-state index in [1.165, 1.54) is 24.3 Å². The lowest BCUT2D eigenvalue weighted by atomic mass is 9.84. The van der Waals surface area contributed by atoms with Gasteiger partial charge in [-0.05, 0) is 31.5 Å². The molecule has 26 heavy (non-hydrogen) atoms. The number of carbonyl (C=O) groups is 2. The Hall–Kier alpha value is -3.01. The molecule has 2 rings (SSSR count). The lowest BCUT2D eigenvalue weighted by molar-refractivity contribution is -0.384. The number of nitrogens with one attached hydrogen (secondary N) is 1. The minimum Gasteiger partial charge on any atom is -0.464 e. The van der Waals surface area contributed by atoms with Gasteiger partial charge in [0.1, 0.15) is 11.8 Å². The van der Waals surface area contributed by atoms with Crippen LogP contribution in [0, 0.1) is 10.1 Å². The van der Waals surface area contributed by atoms with Gasteiger partial charge in [0, 0.05) is 18.6 Å². The predicted octanol–water partition coefficient (Wildman–Crippen LogP) is 0.842. The van der Waals surface area contributed by atoms with E-state index in [1.54, 1.807) is 13.8 Å². The van der Waals surface area contributed by atoms with E-state index in [-0.39, 0.29) is 36.6 Å². The van der Waals surface area contributed by atoms with Crippen LogP contribution in [-0.2, 0) is 19.1 Å². The summed E-state index contributed by atoms with van der Waals surface area (Å²) in [6, 6.07) is 5.07. The van der Waals surface area contributed by atoms with E-state index in [9.17, 15) is 24.8 Å². The first kappa shape index (κ1) is 19.3. The van der Waals surface area contributed by atoms with Gasteiger partial charge in [-0.1, -0.05) is 0 Å². The maximum absolute atomic E-state index is 12.5. The Balaban J connectivity index is 2.32. The van der Waals surface area contributed by atoms with Crippen molar-refractivity contribution < 1.29 is 29.1 Å². The third-order valence-corrected chi connectivity index (χ3v) is 3.87. The zero-order chi connectivity index (χ0) is 19.3. The highest BCUT2D eigenvalue weighted by Crippen LogP contribution is 2.34. The molecule has 140 valence electrons. The lowest BCUT2D eigenvalue weighted by Gasteiger charge is -2.31. The van der Waals surface area contributed by atoms with Crippen molar-refractivity contribution in [3.8, 4) is 0 Å². The Morgan fingerprint density at radius 2 is 1.92 bits per heavy atom. The third kappa shape index (κ3) is 3.64. The number of nitro benzene ring substituents is 1. The van der Waals surface area contributed by atoms with E-state index in [0.717, 1.165) is 0 Å². The van der Waals surface area contributed by atoms with Gasteiger partial charge in [-0.25, -0.2) is 9.59 Å². The number of hydrazone groups is 1. The number of rotatable bonds is 7. The summed E-state index contributed by atoms with van der Waals surface area (Å²) in [7, 11) is 0. The standard InChI is InChI=1S/C16H19N3O7/c1-3-25-14(21)12-9-16(18-17-12,15(22)26-4-2)13(20)10-5-7-11(8-6-10)19(23)24/h5-8,13,18,20H,3-4,9H2,1-2H3. The van der Waals surface area contributed by atoms with Crippen LogP contribution in [0.15, 0.2) is 29.4 Å². The fourth-order valence-corrected chi connectivity index (χ4v) is 2.55. The van der Waals surface area contributed by atoms with Gasteiger partial charge in [0.15, 0.2) is 5.54 Å². The van der Waals surface area contributed by atoms with E-state index in [0.29, 0.717) is 0 Å². The normalized spacial score (nSPS) is 19.9. The second-order valence-corrected chi connectivity index (χ2v) is 5.51. The summed E-state index contributed by atoms with van der Waals surface area (Å²) in [4.78, 5) is 34.6. The molecule has 0 saturated carbocycles. The Morgan fingerprint density at radius 3 is 2.46 bits per heavy atom. The molecule has 0 aliphatic carbocycles. The molecule has 0 saturated heterocycles. The Bertz CT molecular complexity index is 732. The first-order valence-corrected chi connectivity index (χ1v) is 7.96. The van der Waals surface area contributed by atoms with Crippen LogP contribution in [0.2, 0.25) is 0 Å². The Kier molecular flexibility index (Phi) is 5.88. The molecule has 1 heterocycles. The van der Waals surface area contributed by atoms with Crippen LogP contribution >= 0.6 is 0 Å². The summed E-state index contributed by atoms with van der Waals surface area (Å²) in [6.07, 6.45) is -1.71. The molecule has 1 aliphatic rings. The summed E-state index contributed by atoms with van der Waals surface area (Å²) in [5.41, 5.74) is 0.800. The van der Waals surface area contributed by atoms with Crippen molar-refractivity contribution >= 4 is 23.3 Å². The van der Waals surface area contributed by atoms with E-state index >= 15 is 0 Å². The molecule has 2 unspecified atom stereocenters. The summed E-state index contributed by atoms with van der Waals surface area (Å²) < 4.78 is 9.89. The second kappa shape index (κ2) is 7.91. The predicted molar refractivity (Wildman–Crippen MR) is 89.2 cm³/mol. The van der Waals surface area contributed by atoms with Gasteiger partial charge < -0.3 is 14.6 Å². The van der Waals surface area contributed by atoms with E-state index in [1.807, 2.05) is 0 Å². The largest absolute Gasteiger partial charge is 0.464 e. The highest BCUT2D eigenvalue weighted by Gasteiger charge is 2.52. The topological polar surface area (TPSA) is 140 Å². The molecule has 1 aromatic rings. The molecule has 0 amide bonds. The number of nitro groups is 1. The molecule has 1 aliphatic heterocycles. The summed E-state index contributed by atoms with van der Waals surface area (Å²) in [5.74, 6) is -1.50. The van der Waals surface area contributed by atoms with Crippen LogP contribution in [0.3, 0.4) is 0 Å². The first-order chi connectivity index (χ1) is 12.4. The fourth-order valence-electron chi connectivity index (χ4n) is 2.55. The molecule has 0 bridgehead atoms. The van der Waals surface area contributed by atoms with Crippen LogP contribution < -0.4 is 5.43 Å². The fraction of sp³-hybridized carbons (Fsp3) is 0.438. The van der Waals surface area contributed by atoms with Gasteiger partial charge in [-0.15, -0.1) is 0 Å².